The number of hydrogen-bond acceptors (Lipinski definition) is 4. The van der Waals surface area contributed by atoms with Crippen LogP contribution in [0.5, 0.6) is 0 Å². The van der Waals surface area contributed by atoms with Crippen LogP contribution in [-0.2, 0) is 0 Å². The van der Waals surface area contributed by atoms with Crippen LogP contribution in [0.3, 0.4) is 0 Å². The Balaban J connectivity index is 1.93. The van der Waals surface area contributed by atoms with Crippen molar-refractivity contribution in [3.8, 4) is 0 Å². The van der Waals surface area contributed by atoms with Crippen LogP contribution in [0.15, 0.2) is 42.6 Å². The molecule has 0 spiro atoms. The fourth-order valence-corrected chi connectivity index (χ4v) is 2.18. The number of amides is 1. The lowest BCUT2D eigenvalue weighted by atomic mass is 10.1. The first kappa shape index (κ1) is 13.2. The maximum absolute atomic E-state index is 12.1. The Bertz CT molecular complexity index is 815. The normalized spacial score (nSPS) is 10.6. The third-order valence-electron chi connectivity index (χ3n) is 3.15. The molecule has 104 valence electrons. The highest BCUT2D eigenvalue weighted by atomic mass is 16.1. The van der Waals surface area contributed by atoms with Crippen LogP contribution in [0.2, 0.25) is 0 Å². The number of aromatic nitrogens is 3. The first-order valence-electron chi connectivity index (χ1n) is 6.61. The second kappa shape index (κ2) is 5.28. The first-order valence-corrected chi connectivity index (χ1v) is 6.61. The number of pyridine rings is 3. The molecule has 0 aromatic carbocycles. The molecule has 0 radical (unpaired) electrons. The zero-order chi connectivity index (χ0) is 14.8. The maximum atomic E-state index is 12.1. The molecule has 0 saturated carbocycles. The van der Waals surface area contributed by atoms with E-state index in [9.17, 15) is 4.79 Å². The number of fused-ring (bicyclic) bond motifs is 1. The van der Waals surface area contributed by atoms with Gasteiger partial charge >= 0.3 is 0 Å². The molecule has 3 heterocycles. The Hall–Kier alpha value is -2.82. The van der Waals surface area contributed by atoms with Gasteiger partial charge in [-0.15, -0.1) is 0 Å². The van der Waals surface area contributed by atoms with E-state index in [1.54, 1.807) is 30.5 Å². The van der Waals surface area contributed by atoms with Crippen LogP contribution in [-0.4, -0.2) is 20.9 Å². The van der Waals surface area contributed by atoms with Crippen LogP contribution in [0.4, 0.5) is 5.82 Å². The summed E-state index contributed by atoms with van der Waals surface area (Å²) in [6.07, 6.45) is 1.58. The summed E-state index contributed by atoms with van der Waals surface area (Å²) in [5, 5.41) is 3.72. The van der Waals surface area contributed by atoms with Gasteiger partial charge in [0.1, 0.15) is 11.5 Å². The predicted molar refractivity (Wildman–Crippen MR) is 81.2 cm³/mol. The highest BCUT2D eigenvalue weighted by molar-refractivity contribution is 6.02. The Morgan fingerprint density at radius 2 is 1.95 bits per heavy atom. The molecule has 0 unspecified atom stereocenters. The third kappa shape index (κ3) is 2.72. The van der Waals surface area contributed by atoms with Gasteiger partial charge in [0.05, 0.1) is 0 Å². The number of anilines is 1. The summed E-state index contributed by atoms with van der Waals surface area (Å²) < 4.78 is 0. The smallest absolute Gasteiger partial charge is 0.275 e. The number of aryl methyl sites for hydroxylation is 2. The lowest BCUT2D eigenvalue weighted by Crippen LogP contribution is -2.14. The van der Waals surface area contributed by atoms with Gasteiger partial charge in [-0.25, -0.2) is 9.97 Å². The van der Waals surface area contributed by atoms with Crippen LogP contribution in [0.25, 0.3) is 11.0 Å². The first-order chi connectivity index (χ1) is 10.1. The monoisotopic (exact) mass is 278 g/mol. The van der Waals surface area contributed by atoms with Crippen molar-refractivity contribution in [1.29, 1.82) is 0 Å². The zero-order valence-electron chi connectivity index (χ0n) is 11.8. The molecule has 3 rings (SSSR count). The van der Waals surface area contributed by atoms with Gasteiger partial charge in [-0.1, -0.05) is 6.07 Å². The molecule has 0 atom stereocenters. The van der Waals surface area contributed by atoms with Crippen molar-refractivity contribution >= 4 is 22.8 Å². The van der Waals surface area contributed by atoms with Gasteiger partial charge in [-0.3, -0.25) is 9.78 Å². The van der Waals surface area contributed by atoms with E-state index in [4.69, 9.17) is 0 Å². The average molecular weight is 278 g/mol. The van der Waals surface area contributed by atoms with E-state index in [0.29, 0.717) is 17.2 Å². The van der Waals surface area contributed by atoms with E-state index in [2.05, 4.69) is 20.3 Å². The zero-order valence-corrected chi connectivity index (χ0v) is 11.8. The summed E-state index contributed by atoms with van der Waals surface area (Å²) in [7, 11) is 0. The van der Waals surface area contributed by atoms with E-state index in [1.807, 2.05) is 26.0 Å². The minimum absolute atomic E-state index is 0.285. The topological polar surface area (TPSA) is 67.8 Å². The van der Waals surface area contributed by atoms with E-state index < -0.39 is 0 Å². The molecule has 1 amide bonds. The van der Waals surface area contributed by atoms with Crippen LogP contribution in [0.1, 0.15) is 21.7 Å². The van der Waals surface area contributed by atoms with Crippen molar-refractivity contribution in [2.45, 2.75) is 13.8 Å². The molecule has 3 aromatic heterocycles. The Morgan fingerprint density at radius 1 is 1.10 bits per heavy atom. The summed E-state index contributed by atoms with van der Waals surface area (Å²) in [5.74, 6) is 0.183. The second-order valence-corrected chi connectivity index (χ2v) is 4.82. The SMILES string of the molecule is Cc1cc(C)c2ccc(NC(=O)c3ccccn3)nc2n1. The second-order valence-electron chi connectivity index (χ2n) is 4.82. The highest BCUT2D eigenvalue weighted by Crippen LogP contribution is 2.18. The standard InChI is InChI=1S/C16H14N4O/c1-10-9-11(2)18-15-12(10)6-7-14(19-15)20-16(21)13-5-3-4-8-17-13/h3-9H,1-2H3,(H,18,19,20,21). The Kier molecular flexibility index (Phi) is 3.31. The van der Waals surface area contributed by atoms with Crippen molar-refractivity contribution in [3.05, 3.63) is 59.5 Å². The van der Waals surface area contributed by atoms with Crippen LogP contribution in [0, 0.1) is 13.8 Å². The third-order valence-corrected chi connectivity index (χ3v) is 3.15. The summed E-state index contributed by atoms with van der Waals surface area (Å²) in [6, 6.07) is 10.9. The van der Waals surface area contributed by atoms with Crippen molar-refractivity contribution < 1.29 is 4.79 Å². The number of carbonyl (C=O) groups excluding carboxylic acids is 1. The van der Waals surface area contributed by atoms with Gasteiger partial charge in [-0.05, 0) is 49.7 Å². The van der Waals surface area contributed by atoms with Crippen LogP contribution >= 0.6 is 0 Å². The van der Waals surface area contributed by atoms with Crippen molar-refractivity contribution in [2.24, 2.45) is 0 Å². The minimum Gasteiger partial charge on any atom is -0.305 e. The fraction of sp³-hybridized carbons (Fsp3) is 0.125. The summed E-state index contributed by atoms with van der Waals surface area (Å²) >= 11 is 0. The van der Waals surface area contributed by atoms with Crippen LogP contribution < -0.4 is 5.32 Å². The van der Waals surface area contributed by atoms with E-state index in [1.165, 1.54) is 0 Å². The van der Waals surface area contributed by atoms with Crippen molar-refractivity contribution in [2.75, 3.05) is 5.32 Å². The van der Waals surface area contributed by atoms with Gasteiger partial charge in [0.2, 0.25) is 0 Å². The molecule has 1 N–H and O–H groups in total. The molecule has 3 aromatic rings. The van der Waals surface area contributed by atoms with Crippen molar-refractivity contribution in [1.82, 2.24) is 15.0 Å². The maximum Gasteiger partial charge on any atom is 0.275 e. The molecule has 0 aliphatic heterocycles. The van der Waals surface area contributed by atoms with Crippen molar-refractivity contribution in [3.63, 3.8) is 0 Å². The molecule has 0 saturated heterocycles. The molecule has 5 nitrogen and oxygen atoms in total. The lowest BCUT2D eigenvalue weighted by Gasteiger charge is -2.07. The fourth-order valence-electron chi connectivity index (χ4n) is 2.18. The number of nitrogens with zero attached hydrogens (tertiary/aromatic N) is 3. The molecular formula is C16H14N4O. The number of nitrogens with one attached hydrogen (secondary N) is 1. The minimum atomic E-state index is -0.285. The molecule has 0 aliphatic rings. The number of carbonyl (C=O) groups is 1. The van der Waals surface area contributed by atoms with Gasteiger partial charge < -0.3 is 5.32 Å². The van der Waals surface area contributed by atoms with E-state index in [-0.39, 0.29) is 5.91 Å². The number of hydrogen-bond donors (Lipinski definition) is 1. The largest absolute Gasteiger partial charge is 0.305 e. The lowest BCUT2D eigenvalue weighted by molar-refractivity contribution is 0.102. The van der Waals surface area contributed by atoms with Gasteiger partial charge in [0.15, 0.2) is 5.65 Å². The summed E-state index contributed by atoms with van der Waals surface area (Å²) in [5.41, 5.74) is 3.01. The molecule has 0 fully saturated rings. The molecule has 21 heavy (non-hydrogen) atoms. The Morgan fingerprint density at radius 3 is 2.71 bits per heavy atom. The molecule has 0 bridgehead atoms. The molecule has 5 heteroatoms. The van der Waals surface area contributed by atoms with Gasteiger partial charge in [0.25, 0.3) is 5.91 Å². The Labute approximate surface area is 122 Å². The summed E-state index contributed by atoms with van der Waals surface area (Å²) in [4.78, 5) is 24.9. The average Bonchev–Trinajstić information content (AvgIpc) is 2.47. The molecule has 0 aliphatic carbocycles. The highest BCUT2D eigenvalue weighted by Gasteiger charge is 2.09. The number of rotatable bonds is 2. The van der Waals surface area contributed by atoms with E-state index in [0.717, 1.165) is 16.6 Å². The van der Waals surface area contributed by atoms with E-state index >= 15 is 0 Å². The quantitative estimate of drug-likeness (QED) is 0.782. The summed E-state index contributed by atoms with van der Waals surface area (Å²) in [6.45, 7) is 3.94. The molecular weight excluding hydrogens is 264 g/mol. The van der Waals surface area contributed by atoms with Gasteiger partial charge in [0, 0.05) is 17.3 Å². The van der Waals surface area contributed by atoms with Gasteiger partial charge in [-0.2, -0.15) is 0 Å². The predicted octanol–water partition coefficient (Wildman–Crippen LogP) is 2.89.